The maximum atomic E-state index is 12.7. The molecule has 6 heteroatoms. The Morgan fingerprint density at radius 3 is 2.74 bits per heavy atom. The number of carbonyl (C=O) groups is 2. The third-order valence-corrected chi connectivity index (χ3v) is 4.49. The highest BCUT2D eigenvalue weighted by atomic mass is 35.5. The van der Waals surface area contributed by atoms with Gasteiger partial charge < -0.3 is 10.2 Å². The summed E-state index contributed by atoms with van der Waals surface area (Å²) in [4.78, 5) is 26.4. The molecule has 2 aromatic rings. The van der Waals surface area contributed by atoms with E-state index in [9.17, 15) is 9.59 Å². The number of nitrogens with one attached hydrogen (secondary N) is 1. The number of benzene rings is 2. The van der Waals surface area contributed by atoms with Crippen LogP contribution in [0.3, 0.4) is 0 Å². The number of hydrogen-bond acceptors (Lipinski definition) is 2. The molecule has 23 heavy (non-hydrogen) atoms. The fraction of sp³-hybridized carbons (Fsp3) is 0.176. The normalized spacial score (nSPS) is 16.9. The molecular formula is C17H14Cl2N2O2. The van der Waals surface area contributed by atoms with Crippen LogP contribution < -0.4 is 10.2 Å². The van der Waals surface area contributed by atoms with Crippen molar-refractivity contribution in [3.05, 3.63) is 58.1 Å². The Labute approximate surface area is 144 Å². The second-order valence-corrected chi connectivity index (χ2v) is 6.23. The molecular weight excluding hydrogens is 335 g/mol. The number of nitrogens with zero attached hydrogens (tertiary/aromatic N) is 1. The minimum atomic E-state index is -0.551. The summed E-state index contributed by atoms with van der Waals surface area (Å²) in [6, 6.07) is 12.2. The minimum absolute atomic E-state index is 0.0963. The van der Waals surface area contributed by atoms with E-state index in [4.69, 9.17) is 23.2 Å². The minimum Gasteiger partial charge on any atom is -0.324 e. The number of rotatable bonds is 2. The molecule has 1 atom stereocenters. The van der Waals surface area contributed by atoms with Crippen molar-refractivity contribution in [2.45, 2.75) is 12.3 Å². The van der Waals surface area contributed by atoms with Crippen LogP contribution in [0.4, 0.5) is 11.4 Å². The first-order chi connectivity index (χ1) is 11.0. The lowest BCUT2D eigenvalue weighted by Crippen LogP contribution is -2.37. The monoisotopic (exact) mass is 348 g/mol. The summed E-state index contributed by atoms with van der Waals surface area (Å²) in [5.74, 6) is -0.922. The summed E-state index contributed by atoms with van der Waals surface area (Å²) in [6.07, 6.45) is 0.123. The van der Waals surface area contributed by atoms with Crippen LogP contribution in [0.25, 0.3) is 0 Å². The van der Waals surface area contributed by atoms with E-state index in [1.54, 1.807) is 30.1 Å². The van der Waals surface area contributed by atoms with Gasteiger partial charge in [-0.05, 0) is 29.8 Å². The molecule has 1 aliphatic heterocycles. The van der Waals surface area contributed by atoms with Crippen molar-refractivity contribution in [3.63, 3.8) is 0 Å². The van der Waals surface area contributed by atoms with Gasteiger partial charge in [0.25, 0.3) is 0 Å². The molecule has 2 amide bonds. The highest BCUT2D eigenvalue weighted by molar-refractivity contribution is 6.35. The summed E-state index contributed by atoms with van der Waals surface area (Å²) in [7, 11) is 1.71. The lowest BCUT2D eigenvalue weighted by Gasteiger charge is -2.30. The van der Waals surface area contributed by atoms with Gasteiger partial charge in [0.05, 0.1) is 16.6 Å². The molecule has 0 saturated carbocycles. The number of halogens is 2. The summed E-state index contributed by atoms with van der Waals surface area (Å²) in [5.41, 5.74) is 2.01. The van der Waals surface area contributed by atoms with E-state index < -0.39 is 5.92 Å². The zero-order valence-corrected chi connectivity index (χ0v) is 13.9. The lowest BCUT2D eigenvalue weighted by molar-refractivity contribution is -0.124. The quantitative estimate of drug-likeness (QED) is 0.888. The van der Waals surface area contributed by atoms with Crippen molar-refractivity contribution < 1.29 is 9.59 Å². The molecule has 0 spiro atoms. The fourth-order valence-electron chi connectivity index (χ4n) is 2.69. The smallest absolute Gasteiger partial charge is 0.232 e. The van der Waals surface area contributed by atoms with Gasteiger partial charge in [-0.25, -0.2) is 0 Å². The molecule has 1 N–H and O–H groups in total. The fourth-order valence-corrected chi connectivity index (χ4v) is 3.03. The van der Waals surface area contributed by atoms with E-state index in [-0.39, 0.29) is 18.2 Å². The first-order valence-electron chi connectivity index (χ1n) is 7.09. The zero-order chi connectivity index (χ0) is 16.6. The third-order valence-electron chi connectivity index (χ3n) is 3.93. The Hall–Kier alpha value is -2.04. The largest absolute Gasteiger partial charge is 0.324 e. The van der Waals surface area contributed by atoms with Crippen LogP contribution in [-0.2, 0) is 9.59 Å². The molecule has 0 fully saturated rings. The number of para-hydroxylation sites is 1. The second kappa shape index (κ2) is 6.22. The van der Waals surface area contributed by atoms with E-state index in [0.29, 0.717) is 15.7 Å². The summed E-state index contributed by atoms with van der Waals surface area (Å²) < 4.78 is 0. The molecule has 0 aliphatic carbocycles. The van der Waals surface area contributed by atoms with Crippen LogP contribution in [0.5, 0.6) is 0 Å². The SMILES string of the molecule is CN1C(=O)CC(C(=O)Nc2cc(Cl)ccc2Cl)c2ccccc21. The Morgan fingerprint density at radius 2 is 1.96 bits per heavy atom. The van der Waals surface area contributed by atoms with Gasteiger partial charge in [-0.1, -0.05) is 41.4 Å². The zero-order valence-electron chi connectivity index (χ0n) is 12.3. The Balaban J connectivity index is 1.92. The van der Waals surface area contributed by atoms with E-state index in [2.05, 4.69) is 5.32 Å². The standard InChI is InChI=1S/C17H14Cl2N2O2/c1-21-15-5-3-2-4-11(15)12(9-16(21)22)17(23)20-14-8-10(18)6-7-13(14)19/h2-8,12H,9H2,1H3,(H,20,23). The maximum absolute atomic E-state index is 12.7. The average Bonchev–Trinajstić information content (AvgIpc) is 2.54. The highest BCUT2D eigenvalue weighted by Gasteiger charge is 2.33. The van der Waals surface area contributed by atoms with E-state index >= 15 is 0 Å². The van der Waals surface area contributed by atoms with Crippen molar-refractivity contribution in [3.8, 4) is 0 Å². The van der Waals surface area contributed by atoms with Gasteiger partial charge in [0.2, 0.25) is 11.8 Å². The molecule has 0 saturated heterocycles. The maximum Gasteiger partial charge on any atom is 0.232 e. The van der Waals surface area contributed by atoms with Crippen molar-refractivity contribution >= 4 is 46.4 Å². The lowest BCUT2D eigenvalue weighted by atomic mass is 9.89. The number of anilines is 2. The van der Waals surface area contributed by atoms with Crippen molar-refractivity contribution in [2.75, 3.05) is 17.3 Å². The van der Waals surface area contributed by atoms with Crippen LogP contribution in [0.15, 0.2) is 42.5 Å². The molecule has 4 nitrogen and oxygen atoms in total. The van der Waals surface area contributed by atoms with Crippen molar-refractivity contribution in [1.82, 2.24) is 0 Å². The molecule has 0 radical (unpaired) electrons. The van der Waals surface area contributed by atoms with E-state index in [1.165, 1.54) is 0 Å². The van der Waals surface area contributed by atoms with Crippen LogP contribution >= 0.6 is 23.2 Å². The van der Waals surface area contributed by atoms with Crippen molar-refractivity contribution in [2.24, 2.45) is 0 Å². The first-order valence-corrected chi connectivity index (χ1v) is 7.84. The number of fused-ring (bicyclic) bond motifs is 1. The average molecular weight is 349 g/mol. The first kappa shape index (κ1) is 15.8. The van der Waals surface area contributed by atoms with Gasteiger partial charge >= 0.3 is 0 Å². The number of amides is 2. The van der Waals surface area contributed by atoms with Gasteiger partial charge in [-0.15, -0.1) is 0 Å². The third kappa shape index (κ3) is 3.05. The van der Waals surface area contributed by atoms with Crippen molar-refractivity contribution in [1.29, 1.82) is 0 Å². The molecule has 1 unspecified atom stereocenters. The molecule has 2 aromatic carbocycles. The summed E-state index contributed by atoms with van der Waals surface area (Å²) in [6.45, 7) is 0. The van der Waals surface area contributed by atoms with Gasteiger partial charge in [-0.2, -0.15) is 0 Å². The van der Waals surface area contributed by atoms with Gasteiger partial charge in [0.15, 0.2) is 0 Å². The molecule has 1 aliphatic rings. The molecule has 1 heterocycles. The van der Waals surface area contributed by atoms with E-state index in [0.717, 1.165) is 11.3 Å². The molecule has 0 bridgehead atoms. The predicted molar refractivity (Wildman–Crippen MR) is 92.3 cm³/mol. The summed E-state index contributed by atoms with van der Waals surface area (Å²) in [5, 5.41) is 3.65. The van der Waals surface area contributed by atoms with Gasteiger partial charge in [0, 0.05) is 24.2 Å². The Bertz CT molecular complexity index is 792. The van der Waals surface area contributed by atoms with Gasteiger partial charge in [-0.3, -0.25) is 9.59 Å². The second-order valence-electron chi connectivity index (χ2n) is 5.38. The van der Waals surface area contributed by atoms with Crippen LogP contribution in [0.2, 0.25) is 10.0 Å². The topological polar surface area (TPSA) is 49.4 Å². The molecule has 3 rings (SSSR count). The highest BCUT2D eigenvalue weighted by Crippen LogP contribution is 2.36. The number of carbonyl (C=O) groups excluding carboxylic acids is 2. The van der Waals surface area contributed by atoms with E-state index in [1.807, 2.05) is 24.3 Å². The van der Waals surface area contributed by atoms with Crippen LogP contribution in [-0.4, -0.2) is 18.9 Å². The predicted octanol–water partition coefficient (Wildman–Crippen LogP) is 4.08. The van der Waals surface area contributed by atoms with Crippen LogP contribution in [0, 0.1) is 0 Å². The van der Waals surface area contributed by atoms with Crippen LogP contribution in [0.1, 0.15) is 17.9 Å². The Kier molecular flexibility index (Phi) is 4.28. The Morgan fingerprint density at radius 1 is 1.22 bits per heavy atom. The molecule has 118 valence electrons. The van der Waals surface area contributed by atoms with Gasteiger partial charge in [0.1, 0.15) is 0 Å². The number of hydrogen-bond donors (Lipinski definition) is 1. The summed E-state index contributed by atoms with van der Waals surface area (Å²) >= 11 is 12.0. The molecule has 0 aromatic heterocycles.